The van der Waals surface area contributed by atoms with Crippen LogP contribution in [0.15, 0.2) is 18.2 Å². The number of benzene rings is 1. The number of carbonyl (C=O) groups excluding carboxylic acids is 2. The smallest absolute Gasteiger partial charge is 0.251 e. The molecule has 2 amide bonds. The Labute approximate surface area is 148 Å². The fourth-order valence-corrected chi connectivity index (χ4v) is 3.49. The zero-order valence-corrected chi connectivity index (χ0v) is 15.0. The summed E-state index contributed by atoms with van der Waals surface area (Å²) >= 11 is 0. The van der Waals surface area contributed by atoms with Crippen molar-refractivity contribution in [3.63, 3.8) is 0 Å². The highest BCUT2D eigenvalue weighted by Crippen LogP contribution is 2.32. The van der Waals surface area contributed by atoms with E-state index in [1.54, 1.807) is 32.4 Å². The van der Waals surface area contributed by atoms with Crippen LogP contribution in [0.5, 0.6) is 11.5 Å². The first-order valence-corrected chi connectivity index (χ1v) is 8.63. The molecule has 7 heteroatoms. The summed E-state index contributed by atoms with van der Waals surface area (Å²) in [7, 11) is 3.09. The van der Waals surface area contributed by atoms with E-state index in [1.807, 2.05) is 0 Å². The van der Waals surface area contributed by atoms with Gasteiger partial charge in [0.25, 0.3) is 5.91 Å². The number of imide groups is 1. The highest BCUT2D eigenvalue weighted by atomic mass is 16.5. The Morgan fingerprint density at radius 2 is 1.60 bits per heavy atom. The summed E-state index contributed by atoms with van der Waals surface area (Å²) in [5, 5.41) is 0. The average molecular weight is 347 g/mol. The fraction of sp³-hybridized carbons (Fsp3) is 0.556. The highest BCUT2D eigenvalue weighted by molar-refractivity contribution is 6.22. The molecule has 1 unspecified atom stereocenters. The second-order valence-corrected chi connectivity index (χ2v) is 6.33. The number of anilines is 1. The lowest BCUT2D eigenvalue weighted by molar-refractivity contribution is -0.123. The zero-order chi connectivity index (χ0) is 18.0. The molecule has 2 fully saturated rings. The molecule has 0 aliphatic carbocycles. The molecule has 7 nitrogen and oxygen atoms in total. The van der Waals surface area contributed by atoms with Crippen molar-refractivity contribution in [2.45, 2.75) is 19.4 Å². The van der Waals surface area contributed by atoms with Crippen LogP contribution in [0.2, 0.25) is 0 Å². The van der Waals surface area contributed by atoms with Gasteiger partial charge in [0.15, 0.2) is 0 Å². The van der Waals surface area contributed by atoms with Gasteiger partial charge in [-0.3, -0.25) is 14.5 Å². The summed E-state index contributed by atoms with van der Waals surface area (Å²) in [4.78, 5) is 31.2. The van der Waals surface area contributed by atoms with E-state index in [1.165, 1.54) is 4.90 Å². The summed E-state index contributed by atoms with van der Waals surface area (Å²) in [6.45, 7) is 6.64. The average Bonchev–Trinajstić information content (AvgIpc) is 2.95. The van der Waals surface area contributed by atoms with E-state index >= 15 is 0 Å². The van der Waals surface area contributed by atoms with E-state index in [-0.39, 0.29) is 24.3 Å². The largest absolute Gasteiger partial charge is 0.497 e. The molecule has 1 aromatic carbocycles. The lowest BCUT2D eigenvalue weighted by Crippen LogP contribution is -2.52. The zero-order valence-electron chi connectivity index (χ0n) is 15.0. The molecule has 25 heavy (non-hydrogen) atoms. The van der Waals surface area contributed by atoms with Crippen molar-refractivity contribution < 1.29 is 19.1 Å². The summed E-state index contributed by atoms with van der Waals surface area (Å²) in [6, 6.07) is 4.73. The Balaban J connectivity index is 1.80. The van der Waals surface area contributed by atoms with Gasteiger partial charge in [-0.25, -0.2) is 4.90 Å². The number of nitrogens with zero attached hydrogens (tertiary/aromatic N) is 3. The number of amides is 2. The monoisotopic (exact) mass is 347 g/mol. The maximum Gasteiger partial charge on any atom is 0.251 e. The molecule has 0 aromatic heterocycles. The normalized spacial score (nSPS) is 22.5. The molecule has 1 aromatic rings. The number of rotatable bonds is 5. The van der Waals surface area contributed by atoms with Gasteiger partial charge in [-0.05, 0) is 6.54 Å². The third-order valence-electron chi connectivity index (χ3n) is 5.01. The Bertz CT molecular complexity index is 633. The van der Waals surface area contributed by atoms with E-state index < -0.39 is 0 Å². The molecular formula is C18H25N3O4. The minimum atomic E-state index is -0.372. The predicted molar refractivity (Wildman–Crippen MR) is 94.1 cm³/mol. The molecule has 0 radical (unpaired) electrons. The van der Waals surface area contributed by atoms with Crippen LogP contribution in [0.1, 0.15) is 13.3 Å². The van der Waals surface area contributed by atoms with Gasteiger partial charge >= 0.3 is 0 Å². The highest BCUT2D eigenvalue weighted by Gasteiger charge is 2.43. The van der Waals surface area contributed by atoms with Gasteiger partial charge < -0.3 is 14.4 Å². The number of piperazine rings is 1. The van der Waals surface area contributed by atoms with Crippen LogP contribution in [0.25, 0.3) is 0 Å². The van der Waals surface area contributed by atoms with E-state index in [4.69, 9.17) is 9.47 Å². The molecule has 0 bridgehead atoms. The molecule has 2 saturated heterocycles. The maximum atomic E-state index is 12.9. The summed E-state index contributed by atoms with van der Waals surface area (Å²) < 4.78 is 10.5. The Kier molecular flexibility index (Phi) is 5.24. The number of hydrogen-bond donors (Lipinski definition) is 0. The van der Waals surface area contributed by atoms with Gasteiger partial charge in [-0.2, -0.15) is 0 Å². The van der Waals surface area contributed by atoms with Crippen molar-refractivity contribution in [3.8, 4) is 11.5 Å². The Morgan fingerprint density at radius 1 is 1.00 bits per heavy atom. The molecule has 0 saturated carbocycles. The lowest BCUT2D eigenvalue weighted by Gasteiger charge is -2.36. The third-order valence-corrected chi connectivity index (χ3v) is 5.01. The maximum absolute atomic E-state index is 12.9. The Hall–Kier alpha value is -2.12. The fourth-order valence-electron chi connectivity index (χ4n) is 3.49. The second-order valence-electron chi connectivity index (χ2n) is 6.33. The predicted octanol–water partition coefficient (Wildman–Crippen LogP) is 0.973. The molecule has 2 heterocycles. The van der Waals surface area contributed by atoms with Crippen molar-refractivity contribution in [3.05, 3.63) is 18.2 Å². The topological polar surface area (TPSA) is 62.3 Å². The second kappa shape index (κ2) is 7.41. The van der Waals surface area contributed by atoms with Crippen molar-refractivity contribution >= 4 is 17.5 Å². The van der Waals surface area contributed by atoms with Crippen LogP contribution >= 0.6 is 0 Å². The van der Waals surface area contributed by atoms with Crippen LogP contribution in [-0.4, -0.2) is 74.6 Å². The van der Waals surface area contributed by atoms with Gasteiger partial charge in [0, 0.05) is 44.4 Å². The van der Waals surface area contributed by atoms with Crippen molar-refractivity contribution in [1.29, 1.82) is 0 Å². The van der Waals surface area contributed by atoms with E-state index in [9.17, 15) is 9.59 Å². The van der Waals surface area contributed by atoms with Gasteiger partial charge in [-0.15, -0.1) is 0 Å². The first kappa shape index (κ1) is 17.7. The molecule has 2 aliphatic rings. The molecule has 3 rings (SSSR count). The van der Waals surface area contributed by atoms with E-state index in [2.05, 4.69) is 16.7 Å². The molecular weight excluding hydrogens is 322 g/mol. The number of methoxy groups -OCH3 is 2. The van der Waals surface area contributed by atoms with Crippen LogP contribution in [0.3, 0.4) is 0 Å². The van der Waals surface area contributed by atoms with Crippen LogP contribution in [0.4, 0.5) is 5.69 Å². The van der Waals surface area contributed by atoms with Crippen LogP contribution in [-0.2, 0) is 9.59 Å². The van der Waals surface area contributed by atoms with Crippen molar-refractivity contribution in [1.82, 2.24) is 9.80 Å². The molecule has 0 spiro atoms. The first-order valence-electron chi connectivity index (χ1n) is 8.63. The minimum Gasteiger partial charge on any atom is -0.497 e. The molecule has 2 aliphatic heterocycles. The number of ether oxygens (including phenoxy) is 2. The number of likely N-dealkylation sites (N-methyl/N-ethyl adjacent to an activating group) is 1. The van der Waals surface area contributed by atoms with E-state index in [0.717, 1.165) is 32.7 Å². The van der Waals surface area contributed by atoms with Gasteiger partial charge in [0.05, 0.1) is 32.4 Å². The molecule has 1 atom stereocenters. The molecule has 0 N–H and O–H groups in total. The summed E-state index contributed by atoms with van der Waals surface area (Å²) in [5.41, 5.74) is 0.501. The lowest BCUT2D eigenvalue weighted by atomic mass is 10.1. The summed E-state index contributed by atoms with van der Waals surface area (Å²) in [5.74, 6) is 0.762. The van der Waals surface area contributed by atoms with E-state index in [0.29, 0.717) is 17.2 Å². The van der Waals surface area contributed by atoms with Gasteiger partial charge in [0.1, 0.15) is 11.5 Å². The standard InChI is InChI=1S/C18H25N3O4/c1-4-19-5-7-20(8-6-19)16-12-17(22)21(18(16)23)13-9-14(24-2)11-15(10-13)25-3/h9-11,16H,4-8,12H2,1-3H3. The number of carbonyl (C=O) groups is 2. The van der Waals surface area contributed by atoms with Gasteiger partial charge in [0.2, 0.25) is 5.91 Å². The minimum absolute atomic E-state index is 0.162. The van der Waals surface area contributed by atoms with Crippen LogP contribution in [0, 0.1) is 0 Å². The first-order chi connectivity index (χ1) is 12.1. The summed E-state index contributed by atoms with van der Waals surface area (Å²) in [6.07, 6.45) is 0.227. The van der Waals surface area contributed by atoms with Crippen LogP contribution < -0.4 is 14.4 Å². The SMILES string of the molecule is CCN1CCN(C2CC(=O)N(c3cc(OC)cc(OC)c3)C2=O)CC1. The van der Waals surface area contributed by atoms with Gasteiger partial charge in [-0.1, -0.05) is 6.92 Å². The molecule has 136 valence electrons. The van der Waals surface area contributed by atoms with Crippen molar-refractivity contribution in [2.24, 2.45) is 0 Å². The third kappa shape index (κ3) is 3.48. The van der Waals surface area contributed by atoms with Crippen molar-refractivity contribution in [2.75, 3.05) is 51.8 Å². The Morgan fingerprint density at radius 3 is 2.12 bits per heavy atom. The number of hydrogen-bond acceptors (Lipinski definition) is 6. The quantitative estimate of drug-likeness (QED) is 0.740.